The first-order valence-electron chi connectivity index (χ1n) is 9.00. The number of ketones is 1. The Balaban J connectivity index is 1.61. The van der Waals surface area contributed by atoms with Gasteiger partial charge in [-0.05, 0) is 35.4 Å². The molecule has 0 aliphatic carbocycles. The van der Waals surface area contributed by atoms with E-state index >= 15 is 0 Å². The van der Waals surface area contributed by atoms with Gasteiger partial charge in [0.25, 0.3) is 0 Å². The molecule has 0 saturated heterocycles. The molecule has 0 spiro atoms. The Kier molecular flexibility index (Phi) is 6.31. The zero-order valence-electron chi connectivity index (χ0n) is 15.6. The highest BCUT2D eigenvalue weighted by Crippen LogP contribution is 2.19. The van der Waals surface area contributed by atoms with Crippen LogP contribution in [-0.4, -0.2) is 20.9 Å². The van der Waals surface area contributed by atoms with Gasteiger partial charge in [-0.3, -0.25) is 9.78 Å². The van der Waals surface area contributed by atoms with Crippen LogP contribution >= 0.6 is 0 Å². The normalized spacial score (nSPS) is 12.6. The summed E-state index contributed by atoms with van der Waals surface area (Å²) in [5.74, 6) is -0.311. The number of nitrogen functional groups attached to an aromatic ring is 1. The number of hydrogen-bond donors (Lipinski definition) is 3. The van der Waals surface area contributed by atoms with Crippen molar-refractivity contribution in [1.29, 1.82) is 0 Å². The fraction of sp³-hybridized carbons (Fsp3) is 0.136. The maximum Gasteiger partial charge on any atom is 0.189 e. The average molecular weight is 392 g/mol. The third kappa shape index (κ3) is 5.70. The minimum absolute atomic E-state index is 0.242. The maximum atomic E-state index is 12.9. The van der Waals surface area contributed by atoms with E-state index in [1.807, 2.05) is 12.1 Å². The molecule has 0 aliphatic rings. The molecule has 5 N–H and O–H groups in total. The van der Waals surface area contributed by atoms with E-state index in [9.17, 15) is 14.3 Å². The molecule has 0 aliphatic heterocycles. The molecule has 148 valence electrons. The second kappa shape index (κ2) is 9.07. The molecule has 7 heteroatoms. The second-order valence-corrected chi connectivity index (χ2v) is 6.66. The van der Waals surface area contributed by atoms with Gasteiger partial charge in [0.05, 0.1) is 12.3 Å². The monoisotopic (exact) mass is 392 g/mol. The Hall–Kier alpha value is -3.58. The molecule has 1 aromatic carbocycles. The molecule has 0 bridgehead atoms. The number of pyridine rings is 2. The van der Waals surface area contributed by atoms with Crippen LogP contribution < -0.4 is 11.5 Å². The highest BCUT2D eigenvalue weighted by molar-refractivity contribution is 6.04. The standard InChI is InChI=1S/C22H21FN4O2/c23-17-6-7-19(26-13-17)11-21(29)15-3-1-14(2-4-15)9-18(24)10-20(28)16-5-8-22(25)27-12-16/h1-8,10,12-13,21,29H,9,11,24H2,(H2,25,27). The fourth-order valence-corrected chi connectivity index (χ4v) is 2.79. The summed E-state index contributed by atoms with van der Waals surface area (Å²) in [6.45, 7) is 0. The van der Waals surface area contributed by atoms with Crippen molar-refractivity contribution in [3.8, 4) is 0 Å². The SMILES string of the molecule is NC(=CC(=O)c1ccc(N)nc1)Cc1ccc(C(O)Cc2ccc(F)cn2)cc1. The predicted molar refractivity (Wildman–Crippen MR) is 108 cm³/mol. The van der Waals surface area contributed by atoms with Crippen molar-refractivity contribution in [1.82, 2.24) is 9.97 Å². The minimum atomic E-state index is -0.755. The first-order chi connectivity index (χ1) is 13.9. The van der Waals surface area contributed by atoms with Crippen LogP contribution in [0.4, 0.5) is 10.2 Å². The highest BCUT2D eigenvalue weighted by atomic mass is 19.1. The predicted octanol–water partition coefficient (Wildman–Crippen LogP) is 2.74. The molecule has 6 nitrogen and oxygen atoms in total. The molecule has 1 unspecified atom stereocenters. The molecule has 3 aromatic rings. The molecule has 3 rings (SSSR count). The topological polar surface area (TPSA) is 115 Å². The number of anilines is 1. The van der Waals surface area contributed by atoms with Gasteiger partial charge in [0, 0.05) is 42.1 Å². The summed E-state index contributed by atoms with van der Waals surface area (Å²) >= 11 is 0. The van der Waals surface area contributed by atoms with Gasteiger partial charge in [-0.2, -0.15) is 0 Å². The smallest absolute Gasteiger partial charge is 0.189 e. The fourth-order valence-electron chi connectivity index (χ4n) is 2.79. The van der Waals surface area contributed by atoms with Crippen LogP contribution in [0.15, 0.2) is 72.7 Å². The molecule has 0 saturated carbocycles. The number of nitrogens with two attached hydrogens (primary N) is 2. The van der Waals surface area contributed by atoms with Gasteiger partial charge in [-0.25, -0.2) is 9.37 Å². The van der Waals surface area contributed by atoms with Crippen LogP contribution in [0.5, 0.6) is 0 Å². The lowest BCUT2D eigenvalue weighted by atomic mass is 10.0. The zero-order chi connectivity index (χ0) is 20.8. The van der Waals surface area contributed by atoms with E-state index < -0.39 is 11.9 Å². The van der Waals surface area contributed by atoms with Crippen LogP contribution in [0.3, 0.4) is 0 Å². The third-order valence-electron chi connectivity index (χ3n) is 4.35. The number of hydrogen-bond acceptors (Lipinski definition) is 6. The molecule has 2 aromatic heterocycles. The lowest BCUT2D eigenvalue weighted by Crippen LogP contribution is -2.07. The van der Waals surface area contributed by atoms with Gasteiger partial charge in [0.2, 0.25) is 0 Å². The molecular formula is C22H21FN4O2. The Morgan fingerprint density at radius 1 is 1.07 bits per heavy atom. The van der Waals surface area contributed by atoms with E-state index in [-0.39, 0.29) is 12.2 Å². The number of carbonyl (C=O) groups is 1. The van der Waals surface area contributed by atoms with E-state index in [0.29, 0.717) is 34.8 Å². The number of halogens is 1. The average Bonchev–Trinajstić information content (AvgIpc) is 2.70. The minimum Gasteiger partial charge on any atom is -0.402 e. The Labute approximate surface area is 167 Å². The van der Waals surface area contributed by atoms with Gasteiger partial charge in [0.15, 0.2) is 5.78 Å². The number of allylic oxidation sites excluding steroid dienone is 2. The van der Waals surface area contributed by atoms with E-state index in [1.165, 1.54) is 18.3 Å². The van der Waals surface area contributed by atoms with Crippen molar-refractivity contribution in [2.24, 2.45) is 5.73 Å². The molecule has 0 radical (unpaired) electrons. The largest absolute Gasteiger partial charge is 0.402 e. The second-order valence-electron chi connectivity index (χ2n) is 6.66. The van der Waals surface area contributed by atoms with E-state index in [2.05, 4.69) is 9.97 Å². The van der Waals surface area contributed by atoms with E-state index in [4.69, 9.17) is 11.5 Å². The Bertz CT molecular complexity index is 1000. The summed E-state index contributed by atoms with van der Waals surface area (Å²) in [6, 6.07) is 13.3. The molecular weight excluding hydrogens is 371 g/mol. The van der Waals surface area contributed by atoms with E-state index in [1.54, 1.807) is 30.3 Å². The maximum absolute atomic E-state index is 12.9. The van der Waals surface area contributed by atoms with E-state index in [0.717, 1.165) is 11.8 Å². The number of aliphatic hydroxyl groups excluding tert-OH is 1. The number of aromatic nitrogens is 2. The van der Waals surface area contributed by atoms with Crippen molar-refractivity contribution >= 4 is 11.6 Å². The van der Waals surface area contributed by atoms with Gasteiger partial charge >= 0.3 is 0 Å². The Morgan fingerprint density at radius 2 is 1.83 bits per heavy atom. The summed E-state index contributed by atoms with van der Waals surface area (Å²) in [7, 11) is 0. The lowest BCUT2D eigenvalue weighted by Gasteiger charge is -2.11. The van der Waals surface area contributed by atoms with Crippen LogP contribution in [0, 0.1) is 5.82 Å². The Morgan fingerprint density at radius 3 is 2.45 bits per heavy atom. The molecule has 2 heterocycles. The van der Waals surface area contributed by atoms with Crippen molar-refractivity contribution < 1.29 is 14.3 Å². The number of benzene rings is 1. The van der Waals surface area contributed by atoms with Crippen LogP contribution in [0.25, 0.3) is 0 Å². The zero-order valence-corrected chi connectivity index (χ0v) is 15.6. The number of carbonyl (C=O) groups excluding carboxylic acids is 1. The van der Waals surface area contributed by atoms with Crippen LogP contribution in [-0.2, 0) is 12.8 Å². The number of nitrogens with zero attached hydrogens (tertiary/aromatic N) is 2. The van der Waals surface area contributed by atoms with Crippen molar-refractivity contribution in [2.45, 2.75) is 18.9 Å². The summed E-state index contributed by atoms with van der Waals surface area (Å²) in [5.41, 5.74) is 14.5. The van der Waals surface area contributed by atoms with Crippen molar-refractivity contribution in [3.63, 3.8) is 0 Å². The van der Waals surface area contributed by atoms with Crippen molar-refractivity contribution in [2.75, 3.05) is 5.73 Å². The molecule has 29 heavy (non-hydrogen) atoms. The summed E-state index contributed by atoms with van der Waals surface area (Å²) in [5, 5.41) is 10.4. The number of aliphatic hydroxyl groups is 1. The molecule has 1 atom stereocenters. The van der Waals surface area contributed by atoms with Gasteiger partial charge < -0.3 is 16.6 Å². The quantitative estimate of drug-likeness (QED) is 0.421. The summed E-state index contributed by atoms with van der Waals surface area (Å²) in [6.07, 6.45) is 3.83. The number of rotatable bonds is 7. The van der Waals surface area contributed by atoms with Gasteiger partial charge in [-0.15, -0.1) is 0 Å². The van der Waals surface area contributed by atoms with Gasteiger partial charge in [-0.1, -0.05) is 24.3 Å². The first kappa shape index (κ1) is 20.2. The summed E-state index contributed by atoms with van der Waals surface area (Å²) < 4.78 is 12.9. The third-order valence-corrected chi connectivity index (χ3v) is 4.35. The summed E-state index contributed by atoms with van der Waals surface area (Å²) in [4.78, 5) is 20.0. The van der Waals surface area contributed by atoms with Crippen molar-refractivity contribution in [3.05, 3.63) is 101 Å². The lowest BCUT2D eigenvalue weighted by molar-refractivity contribution is 0.104. The van der Waals surface area contributed by atoms with Crippen LogP contribution in [0.1, 0.15) is 33.3 Å². The molecule has 0 fully saturated rings. The first-order valence-corrected chi connectivity index (χ1v) is 9.00. The highest BCUT2D eigenvalue weighted by Gasteiger charge is 2.10. The van der Waals surface area contributed by atoms with Gasteiger partial charge in [0.1, 0.15) is 11.6 Å². The van der Waals surface area contributed by atoms with Crippen LogP contribution in [0.2, 0.25) is 0 Å². The molecule has 0 amide bonds.